The van der Waals surface area contributed by atoms with E-state index in [1.807, 2.05) is 4.90 Å². The van der Waals surface area contributed by atoms with Crippen molar-refractivity contribution in [3.8, 4) is 11.3 Å². The van der Waals surface area contributed by atoms with Crippen LogP contribution in [0.4, 0.5) is 34.3 Å². The van der Waals surface area contributed by atoms with Crippen molar-refractivity contribution in [2.24, 2.45) is 0 Å². The number of anilines is 3. The Morgan fingerprint density at radius 3 is 2.51 bits per heavy atom. The molecule has 0 spiro atoms. The highest BCUT2D eigenvalue weighted by Gasteiger charge is 2.32. The summed E-state index contributed by atoms with van der Waals surface area (Å²) in [5.41, 5.74) is 0.794. The lowest BCUT2D eigenvalue weighted by Crippen LogP contribution is -2.47. The predicted octanol–water partition coefficient (Wildman–Crippen LogP) is 6.75. The van der Waals surface area contributed by atoms with E-state index < -0.39 is 23.5 Å². The Bertz CT molecular complexity index is 1520. The van der Waals surface area contributed by atoms with Crippen molar-refractivity contribution in [2.75, 3.05) is 49.5 Å². The number of nitrogens with one attached hydrogen (secondary N) is 1. The van der Waals surface area contributed by atoms with Gasteiger partial charge < -0.3 is 15.3 Å². The molecule has 45 heavy (non-hydrogen) atoms. The summed E-state index contributed by atoms with van der Waals surface area (Å²) in [6.07, 6.45) is -1.19. The molecule has 0 amide bonds. The number of hydrogen-bond acceptors (Lipinski definition) is 9. The van der Waals surface area contributed by atoms with Crippen LogP contribution in [0.2, 0.25) is 0 Å². The maximum Gasteiger partial charge on any atom is 0.416 e. The zero-order chi connectivity index (χ0) is 31.6. The Morgan fingerprint density at radius 1 is 1.16 bits per heavy atom. The number of alkyl halides is 3. The van der Waals surface area contributed by atoms with Crippen molar-refractivity contribution in [2.45, 2.75) is 59.3 Å². The lowest BCUT2D eigenvalue weighted by atomic mass is 9.99. The van der Waals surface area contributed by atoms with Crippen LogP contribution < -0.4 is 10.2 Å². The standard InChI is InChI=1S/C30H35F4N7O2S.CH4/c1-18(2)20-13-21(15-22(14-20)30(32,33)34)26-23(16-41-7-4-5-19(41)3)44-29(37-26)38-27-25(31)28(36-17-35-27)40-11-9-39(10-12-40)8-6-24(42)43;/h13-15,17,19H,1,4-12,16H2,2-3H3,(H,42,43)(H,35,36,37,38);1H4/t19-;/m1./s1. The van der Waals surface area contributed by atoms with Crippen LogP contribution in [0.15, 0.2) is 31.1 Å². The first-order chi connectivity index (χ1) is 20.9. The Labute approximate surface area is 264 Å². The van der Waals surface area contributed by atoms with Gasteiger partial charge in [0.05, 0.1) is 17.7 Å². The quantitative estimate of drug-likeness (QED) is 0.231. The van der Waals surface area contributed by atoms with Gasteiger partial charge in [0, 0.05) is 55.8 Å². The fourth-order valence-corrected chi connectivity index (χ4v) is 6.54. The normalized spacial score (nSPS) is 17.7. The van der Waals surface area contributed by atoms with Crippen LogP contribution in [0.3, 0.4) is 0 Å². The summed E-state index contributed by atoms with van der Waals surface area (Å²) < 4.78 is 57.4. The Kier molecular flexibility index (Phi) is 10.8. The van der Waals surface area contributed by atoms with Gasteiger partial charge in [0.1, 0.15) is 6.33 Å². The molecule has 2 saturated heterocycles. The molecule has 0 radical (unpaired) electrons. The van der Waals surface area contributed by atoms with Crippen molar-refractivity contribution in [3.05, 3.63) is 52.9 Å². The second-order valence-corrected chi connectivity index (χ2v) is 12.4. The van der Waals surface area contributed by atoms with Gasteiger partial charge in [0.2, 0.25) is 5.82 Å². The monoisotopic (exact) mass is 649 g/mol. The lowest BCUT2D eigenvalue weighted by Gasteiger charge is -2.35. The first kappa shape index (κ1) is 34.3. The van der Waals surface area contributed by atoms with Gasteiger partial charge in [-0.25, -0.2) is 15.0 Å². The average Bonchev–Trinajstić information content (AvgIpc) is 3.58. The van der Waals surface area contributed by atoms with E-state index in [0.717, 1.165) is 36.4 Å². The number of halogens is 4. The van der Waals surface area contributed by atoms with Crippen molar-refractivity contribution in [1.29, 1.82) is 0 Å². The summed E-state index contributed by atoms with van der Waals surface area (Å²) in [4.78, 5) is 30.7. The molecular formula is C31H39F4N7O2S. The average molecular weight is 650 g/mol. The number of piperazine rings is 1. The molecule has 5 rings (SSSR count). The van der Waals surface area contributed by atoms with Crippen molar-refractivity contribution in [3.63, 3.8) is 0 Å². The molecule has 4 heterocycles. The van der Waals surface area contributed by atoms with Crippen molar-refractivity contribution >= 4 is 39.6 Å². The minimum Gasteiger partial charge on any atom is -0.481 e. The number of likely N-dealkylation sites (tertiary alicyclic amines) is 1. The number of thiazole rings is 1. The molecule has 0 bridgehead atoms. The first-order valence-corrected chi connectivity index (χ1v) is 15.3. The Hall–Kier alpha value is -3.62. The summed E-state index contributed by atoms with van der Waals surface area (Å²) in [5.74, 6) is -1.50. The lowest BCUT2D eigenvalue weighted by molar-refractivity contribution is -0.138. The number of allylic oxidation sites excluding steroid dienone is 1. The molecule has 9 nitrogen and oxygen atoms in total. The third kappa shape index (κ3) is 8.16. The van der Waals surface area contributed by atoms with Gasteiger partial charge in [-0.15, -0.1) is 0 Å². The number of hydrogen-bond donors (Lipinski definition) is 2. The minimum absolute atomic E-state index is 0. The van der Waals surface area contributed by atoms with E-state index in [4.69, 9.17) is 5.11 Å². The first-order valence-electron chi connectivity index (χ1n) is 14.5. The van der Waals surface area contributed by atoms with E-state index in [9.17, 15) is 18.0 Å². The SMILES string of the molecule is C.C=C(C)c1cc(-c2nc(Nc3ncnc(N4CCN(CCC(=O)O)CC4)c3F)sc2CN2CCC[C@H]2C)cc(C(F)(F)F)c1. The predicted molar refractivity (Wildman–Crippen MR) is 169 cm³/mol. The third-order valence-electron chi connectivity index (χ3n) is 8.07. The fourth-order valence-electron chi connectivity index (χ4n) is 5.53. The number of rotatable bonds is 10. The molecular weight excluding hydrogens is 610 g/mol. The second-order valence-electron chi connectivity index (χ2n) is 11.3. The summed E-state index contributed by atoms with van der Waals surface area (Å²) >= 11 is 1.26. The zero-order valence-corrected chi connectivity index (χ0v) is 25.4. The van der Waals surface area contributed by atoms with Gasteiger partial charge in [0.15, 0.2) is 16.8 Å². The number of carbonyl (C=O) groups is 1. The number of carboxylic acid groups (broad SMARTS) is 1. The molecule has 2 N–H and O–H groups in total. The van der Waals surface area contributed by atoms with Crippen LogP contribution in [0.25, 0.3) is 16.8 Å². The topological polar surface area (TPSA) is 97.7 Å². The van der Waals surface area contributed by atoms with Crippen molar-refractivity contribution < 1.29 is 27.5 Å². The highest BCUT2D eigenvalue weighted by molar-refractivity contribution is 7.16. The summed E-state index contributed by atoms with van der Waals surface area (Å²) in [5, 5.41) is 12.2. The third-order valence-corrected chi connectivity index (χ3v) is 9.03. The Morgan fingerprint density at radius 2 is 1.89 bits per heavy atom. The maximum absolute atomic E-state index is 15.7. The molecule has 2 aromatic heterocycles. The van der Waals surface area contributed by atoms with Gasteiger partial charge in [-0.3, -0.25) is 14.6 Å². The van der Waals surface area contributed by atoms with Crippen LogP contribution in [0, 0.1) is 5.82 Å². The fraction of sp³-hybridized carbons (Fsp3) is 0.484. The summed E-state index contributed by atoms with van der Waals surface area (Å²) in [6, 6.07) is 4.16. The van der Waals surface area contributed by atoms with Crippen LogP contribution in [0.5, 0.6) is 0 Å². The number of aliphatic carboxylic acids is 1. The van der Waals surface area contributed by atoms with Gasteiger partial charge in [-0.05, 0) is 57.0 Å². The molecule has 1 atom stereocenters. The van der Waals surface area contributed by atoms with Crippen LogP contribution in [-0.2, 0) is 17.5 Å². The number of benzene rings is 1. The molecule has 0 aliphatic carbocycles. The van der Waals surface area contributed by atoms with E-state index >= 15 is 4.39 Å². The zero-order valence-electron chi connectivity index (χ0n) is 24.6. The van der Waals surface area contributed by atoms with E-state index in [0.29, 0.717) is 72.8 Å². The molecule has 0 saturated carbocycles. The van der Waals surface area contributed by atoms with Crippen LogP contribution >= 0.6 is 11.3 Å². The number of nitrogens with zero attached hydrogens (tertiary/aromatic N) is 6. The summed E-state index contributed by atoms with van der Waals surface area (Å²) in [7, 11) is 0. The van der Waals surface area contributed by atoms with Gasteiger partial charge in [-0.2, -0.15) is 17.6 Å². The van der Waals surface area contributed by atoms with Crippen LogP contribution in [-0.4, -0.2) is 81.1 Å². The number of aromatic nitrogens is 3. The summed E-state index contributed by atoms with van der Waals surface area (Å²) in [6.45, 7) is 11.5. The van der Waals surface area contributed by atoms with Crippen LogP contribution in [0.1, 0.15) is 56.5 Å². The largest absolute Gasteiger partial charge is 0.481 e. The minimum atomic E-state index is -4.55. The van der Waals surface area contributed by atoms with E-state index in [1.165, 1.54) is 17.7 Å². The maximum atomic E-state index is 15.7. The second kappa shape index (κ2) is 14.2. The molecule has 2 fully saturated rings. The smallest absolute Gasteiger partial charge is 0.416 e. The van der Waals surface area contributed by atoms with Gasteiger partial charge in [-0.1, -0.05) is 30.9 Å². The number of carboxylic acids is 1. The molecule has 244 valence electrons. The van der Waals surface area contributed by atoms with Gasteiger partial charge in [0.25, 0.3) is 0 Å². The molecule has 14 heteroatoms. The van der Waals surface area contributed by atoms with E-state index in [-0.39, 0.29) is 25.5 Å². The van der Waals surface area contributed by atoms with E-state index in [1.54, 1.807) is 17.9 Å². The van der Waals surface area contributed by atoms with Gasteiger partial charge >= 0.3 is 12.1 Å². The highest BCUT2D eigenvalue weighted by Crippen LogP contribution is 2.39. The van der Waals surface area contributed by atoms with Crippen molar-refractivity contribution in [1.82, 2.24) is 24.8 Å². The van der Waals surface area contributed by atoms with E-state index in [2.05, 4.69) is 38.7 Å². The Balaban J connectivity index is 0.00000461. The molecule has 2 aliphatic rings. The molecule has 1 aromatic carbocycles. The molecule has 2 aliphatic heterocycles. The highest BCUT2D eigenvalue weighted by atomic mass is 32.1. The molecule has 3 aromatic rings. The molecule has 0 unspecified atom stereocenters.